The second-order valence-electron chi connectivity index (χ2n) is 4.11. The second kappa shape index (κ2) is 4.53. The van der Waals surface area contributed by atoms with Gasteiger partial charge in [0.1, 0.15) is 12.1 Å². The van der Waals surface area contributed by atoms with Gasteiger partial charge in [-0.15, -0.1) is 0 Å². The Morgan fingerprint density at radius 3 is 2.90 bits per heavy atom. The molecule has 2 aromatic heterocycles. The van der Waals surface area contributed by atoms with Gasteiger partial charge < -0.3 is 10.6 Å². The molecule has 0 amide bonds. The fourth-order valence-corrected chi connectivity index (χ4v) is 2.17. The van der Waals surface area contributed by atoms with Gasteiger partial charge in [0.25, 0.3) is 0 Å². The molecule has 0 saturated heterocycles. The summed E-state index contributed by atoms with van der Waals surface area (Å²) < 4.78 is 7.84. The van der Waals surface area contributed by atoms with Gasteiger partial charge in [-0.1, -0.05) is 11.6 Å². The maximum atomic E-state index is 7.87. The zero-order valence-corrected chi connectivity index (χ0v) is 11.3. The summed E-state index contributed by atoms with van der Waals surface area (Å²) in [6, 6.07) is 5.28. The van der Waals surface area contributed by atoms with Crippen molar-refractivity contribution in [3.05, 3.63) is 41.2 Å². The Bertz CT molecular complexity index is 853. The second-order valence-corrected chi connectivity index (χ2v) is 4.52. The maximum absolute atomic E-state index is 7.87. The van der Waals surface area contributed by atoms with Gasteiger partial charge in [0, 0.05) is 0 Å². The van der Waals surface area contributed by atoms with E-state index in [1.165, 1.54) is 6.33 Å². The highest BCUT2D eigenvalue weighted by Crippen LogP contribution is 2.27. The summed E-state index contributed by atoms with van der Waals surface area (Å²) in [6.45, 7) is 0. The van der Waals surface area contributed by atoms with Crippen molar-refractivity contribution < 1.29 is 4.74 Å². The van der Waals surface area contributed by atoms with Crippen LogP contribution in [0.2, 0.25) is 5.02 Å². The Balaban J connectivity index is 2.23. The van der Waals surface area contributed by atoms with E-state index in [2.05, 4.69) is 10.1 Å². The van der Waals surface area contributed by atoms with Crippen LogP contribution < -0.4 is 16.1 Å². The molecule has 3 N–H and O–H groups in total. The van der Waals surface area contributed by atoms with Crippen molar-refractivity contribution in [3.63, 3.8) is 0 Å². The monoisotopic (exact) mass is 290 g/mol. The van der Waals surface area contributed by atoms with Gasteiger partial charge in [-0.05, 0) is 18.2 Å². The Morgan fingerprint density at radius 2 is 2.20 bits per heavy atom. The fourth-order valence-electron chi connectivity index (χ4n) is 1.92. The maximum Gasteiger partial charge on any atom is 0.168 e. The molecule has 0 spiro atoms. The average Bonchev–Trinajstić information content (AvgIpc) is 2.87. The Labute approximate surface area is 118 Å². The number of hydrogen-bond acceptors (Lipinski definition) is 5. The minimum Gasteiger partial charge on any atom is -0.495 e. The number of nitrogens with one attached hydrogen (secondary N) is 1. The summed E-state index contributed by atoms with van der Waals surface area (Å²) in [5, 5.41) is 13.1. The van der Waals surface area contributed by atoms with Crippen LogP contribution in [0, 0.1) is 5.41 Å². The number of rotatable bonds is 2. The lowest BCUT2D eigenvalue weighted by Gasteiger charge is -2.07. The Morgan fingerprint density at radius 1 is 1.40 bits per heavy atom. The van der Waals surface area contributed by atoms with Gasteiger partial charge >= 0.3 is 0 Å². The van der Waals surface area contributed by atoms with Gasteiger partial charge in [0.15, 0.2) is 11.1 Å². The van der Waals surface area contributed by atoms with Crippen LogP contribution >= 0.6 is 11.6 Å². The number of nitrogens with two attached hydrogens (primary N) is 1. The topological polar surface area (TPSA) is 94.7 Å². The molecule has 0 saturated carbocycles. The summed E-state index contributed by atoms with van der Waals surface area (Å²) in [6.07, 6.45) is 2.92. The number of benzene rings is 1. The molecular formula is C12H11ClN6O. The van der Waals surface area contributed by atoms with Crippen LogP contribution in [0.5, 0.6) is 5.75 Å². The van der Waals surface area contributed by atoms with E-state index in [1.807, 2.05) is 6.07 Å². The Hall–Kier alpha value is -2.54. The molecule has 0 aliphatic rings. The first-order valence-electron chi connectivity index (χ1n) is 5.71. The summed E-state index contributed by atoms with van der Waals surface area (Å²) >= 11 is 6.11. The molecule has 0 aliphatic carbocycles. The Kier molecular flexibility index (Phi) is 2.83. The van der Waals surface area contributed by atoms with Gasteiger partial charge in [-0.25, -0.2) is 14.3 Å². The van der Waals surface area contributed by atoms with Gasteiger partial charge in [-0.3, -0.25) is 5.41 Å². The lowest BCUT2D eigenvalue weighted by atomic mass is 10.3. The van der Waals surface area contributed by atoms with E-state index in [0.29, 0.717) is 21.8 Å². The third-order valence-electron chi connectivity index (χ3n) is 2.94. The van der Waals surface area contributed by atoms with E-state index in [0.717, 1.165) is 10.4 Å². The highest BCUT2D eigenvalue weighted by atomic mass is 35.5. The summed E-state index contributed by atoms with van der Waals surface area (Å²) in [5.41, 5.74) is 1.41. The molecule has 7 nitrogen and oxygen atoms in total. The molecule has 0 radical (unpaired) electrons. The third-order valence-corrected chi connectivity index (χ3v) is 3.24. The standard InChI is InChI=1S/C12H11ClN6O/c1-20-10-3-2-7(4-9(10)13)19-12-8(5-17-19)11(14)18(15)6-16-12/h2-6,14H,15H2,1H3. The van der Waals surface area contributed by atoms with Crippen LogP contribution in [0.3, 0.4) is 0 Å². The predicted molar refractivity (Wildman–Crippen MR) is 74.4 cm³/mol. The van der Waals surface area contributed by atoms with Crippen molar-refractivity contribution in [2.75, 3.05) is 13.0 Å². The minimum absolute atomic E-state index is 0.140. The molecule has 0 atom stereocenters. The molecule has 20 heavy (non-hydrogen) atoms. The number of aromatic nitrogens is 4. The molecule has 3 rings (SSSR count). The zero-order valence-electron chi connectivity index (χ0n) is 10.5. The molecule has 3 aromatic rings. The lowest BCUT2D eigenvalue weighted by molar-refractivity contribution is 0.415. The van der Waals surface area contributed by atoms with Crippen LogP contribution in [-0.2, 0) is 0 Å². The zero-order chi connectivity index (χ0) is 14.3. The van der Waals surface area contributed by atoms with Crippen molar-refractivity contribution in [2.24, 2.45) is 0 Å². The van der Waals surface area contributed by atoms with E-state index >= 15 is 0 Å². The van der Waals surface area contributed by atoms with Crippen LogP contribution in [0.25, 0.3) is 16.7 Å². The first-order chi connectivity index (χ1) is 9.61. The molecular weight excluding hydrogens is 280 g/mol. The van der Waals surface area contributed by atoms with Gasteiger partial charge in [-0.2, -0.15) is 5.10 Å². The smallest absolute Gasteiger partial charge is 0.168 e. The van der Waals surface area contributed by atoms with Crippen molar-refractivity contribution >= 4 is 22.6 Å². The largest absolute Gasteiger partial charge is 0.495 e. The highest BCUT2D eigenvalue weighted by Gasteiger charge is 2.10. The van der Waals surface area contributed by atoms with Crippen LogP contribution in [0.15, 0.2) is 30.7 Å². The number of fused-ring (bicyclic) bond motifs is 1. The normalized spacial score (nSPS) is 10.9. The summed E-state index contributed by atoms with van der Waals surface area (Å²) in [5.74, 6) is 6.17. The number of methoxy groups -OCH3 is 1. The minimum atomic E-state index is 0.140. The first kappa shape index (κ1) is 12.5. The number of hydrogen-bond donors (Lipinski definition) is 2. The predicted octanol–water partition coefficient (Wildman–Crippen LogP) is 1.08. The van der Waals surface area contributed by atoms with E-state index < -0.39 is 0 Å². The van der Waals surface area contributed by atoms with Crippen molar-refractivity contribution in [1.82, 2.24) is 19.4 Å². The van der Waals surface area contributed by atoms with E-state index in [-0.39, 0.29) is 5.49 Å². The molecule has 0 unspecified atom stereocenters. The number of nitrogen functional groups attached to an aromatic ring is 1. The molecule has 2 heterocycles. The number of nitrogens with zero attached hydrogens (tertiary/aromatic N) is 4. The SMILES string of the molecule is COc1ccc(-n2ncc3c(=N)n(N)cnc32)cc1Cl. The van der Waals surface area contributed by atoms with Crippen LogP contribution in [0.4, 0.5) is 0 Å². The first-order valence-corrected chi connectivity index (χ1v) is 6.08. The van der Waals surface area contributed by atoms with E-state index in [4.69, 9.17) is 27.6 Å². The molecule has 8 heteroatoms. The quantitative estimate of drug-likeness (QED) is 0.690. The van der Waals surface area contributed by atoms with Gasteiger partial charge in [0.2, 0.25) is 0 Å². The number of halogens is 1. The van der Waals surface area contributed by atoms with Crippen molar-refractivity contribution in [3.8, 4) is 11.4 Å². The van der Waals surface area contributed by atoms with Crippen LogP contribution in [0.1, 0.15) is 0 Å². The van der Waals surface area contributed by atoms with Crippen molar-refractivity contribution in [2.45, 2.75) is 0 Å². The van der Waals surface area contributed by atoms with E-state index in [1.54, 1.807) is 30.1 Å². The number of ether oxygens (including phenoxy) is 1. The molecule has 0 fully saturated rings. The third kappa shape index (κ3) is 1.79. The average molecular weight is 291 g/mol. The molecule has 0 aliphatic heterocycles. The molecule has 1 aromatic carbocycles. The van der Waals surface area contributed by atoms with Gasteiger partial charge in [0.05, 0.1) is 29.4 Å². The lowest BCUT2D eigenvalue weighted by Crippen LogP contribution is -2.27. The molecule has 102 valence electrons. The van der Waals surface area contributed by atoms with Crippen molar-refractivity contribution in [1.29, 1.82) is 5.41 Å². The van der Waals surface area contributed by atoms with E-state index in [9.17, 15) is 0 Å². The molecule has 0 bridgehead atoms. The summed E-state index contributed by atoms with van der Waals surface area (Å²) in [7, 11) is 1.55. The van der Waals surface area contributed by atoms with Crippen LogP contribution in [-0.4, -0.2) is 26.6 Å². The highest BCUT2D eigenvalue weighted by molar-refractivity contribution is 6.32. The summed E-state index contributed by atoms with van der Waals surface area (Å²) in [4.78, 5) is 4.19. The fraction of sp³-hybridized carbons (Fsp3) is 0.0833.